The van der Waals surface area contributed by atoms with E-state index in [4.69, 9.17) is 5.73 Å². The summed E-state index contributed by atoms with van der Waals surface area (Å²) >= 11 is 0. The molecule has 2 rings (SSSR count). The van der Waals surface area contributed by atoms with Gasteiger partial charge in [0, 0.05) is 12.1 Å². The number of carbonyl (C=O) groups is 1. The number of nitrogens with zero attached hydrogens (tertiary/aromatic N) is 1. The van der Waals surface area contributed by atoms with Crippen LogP contribution in [0.3, 0.4) is 0 Å². The largest absolute Gasteiger partial charge is 0.336 e. The minimum Gasteiger partial charge on any atom is -0.336 e. The van der Waals surface area contributed by atoms with Crippen molar-refractivity contribution in [2.24, 2.45) is 5.73 Å². The number of likely N-dealkylation sites (tertiary alicyclic amines) is 1. The third-order valence-corrected chi connectivity index (χ3v) is 3.78. The lowest BCUT2D eigenvalue weighted by Crippen LogP contribution is -2.50. The molecular formula is C15H22N2O. The fourth-order valence-corrected chi connectivity index (χ4v) is 2.67. The predicted octanol–water partition coefficient (Wildman–Crippen LogP) is 1.96. The first-order valence-corrected chi connectivity index (χ1v) is 6.62. The summed E-state index contributed by atoms with van der Waals surface area (Å²) in [4.78, 5) is 14.3. The lowest BCUT2D eigenvalue weighted by Gasteiger charge is -2.33. The minimum absolute atomic E-state index is 0.0363. The van der Waals surface area contributed by atoms with E-state index in [1.807, 2.05) is 35.2 Å². The molecule has 1 aliphatic heterocycles. The van der Waals surface area contributed by atoms with Crippen LogP contribution in [-0.4, -0.2) is 28.9 Å². The van der Waals surface area contributed by atoms with Gasteiger partial charge in [0.15, 0.2) is 0 Å². The standard InChI is InChI=1S/C15H22N2O/c1-15(2)9-6-10-17(15)14(18)13(16)11-12-7-4-3-5-8-12/h3-5,7-8,13H,6,9-11,16H2,1-2H3. The number of benzene rings is 1. The van der Waals surface area contributed by atoms with E-state index >= 15 is 0 Å². The van der Waals surface area contributed by atoms with Gasteiger partial charge in [-0.05, 0) is 38.7 Å². The molecule has 0 saturated carbocycles. The smallest absolute Gasteiger partial charge is 0.240 e. The molecule has 1 fully saturated rings. The van der Waals surface area contributed by atoms with Gasteiger partial charge in [-0.2, -0.15) is 0 Å². The maximum Gasteiger partial charge on any atom is 0.240 e. The molecular weight excluding hydrogens is 224 g/mol. The van der Waals surface area contributed by atoms with E-state index in [1.54, 1.807) is 0 Å². The Balaban J connectivity index is 2.01. The van der Waals surface area contributed by atoms with Crippen molar-refractivity contribution in [1.29, 1.82) is 0 Å². The summed E-state index contributed by atoms with van der Waals surface area (Å²) in [5.74, 6) is 0.0846. The van der Waals surface area contributed by atoms with Crippen LogP contribution >= 0.6 is 0 Å². The molecule has 1 aliphatic rings. The molecule has 1 aromatic rings. The van der Waals surface area contributed by atoms with Crippen LogP contribution in [0.1, 0.15) is 32.3 Å². The number of nitrogens with two attached hydrogens (primary N) is 1. The maximum absolute atomic E-state index is 12.4. The fourth-order valence-electron chi connectivity index (χ4n) is 2.67. The van der Waals surface area contributed by atoms with Crippen molar-refractivity contribution >= 4 is 5.91 Å². The molecule has 1 unspecified atom stereocenters. The van der Waals surface area contributed by atoms with Crippen LogP contribution < -0.4 is 5.73 Å². The maximum atomic E-state index is 12.4. The van der Waals surface area contributed by atoms with E-state index in [-0.39, 0.29) is 11.4 Å². The zero-order valence-corrected chi connectivity index (χ0v) is 11.2. The lowest BCUT2D eigenvalue weighted by molar-refractivity contribution is -0.135. The molecule has 1 saturated heterocycles. The van der Waals surface area contributed by atoms with E-state index < -0.39 is 6.04 Å². The summed E-state index contributed by atoms with van der Waals surface area (Å²) < 4.78 is 0. The first-order chi connectivity index (χ1) is 8.50. The summed E-state index contributed by atoms with van der Waals surface area (Å²) in [5, 5.41) is 0. The molecule has 1 atom stereocenters. The van der Waals surface area contributed by atoms with Crippen LogP contribution in [0.5, 0.6) is 0 Å². The molecule has 1 aromatic carbocycles. The Hall–Kier alpha value is -1.35. The van der Waals surface area contributed by atoms with E-state index in [0.717, 1.165) is 24.9 Å². The molecule has 0 bridgehead atoms. The van der Waals surface area contributed by atoms with Gasteiger partial charge in [0.1, 0.15) is 0 Å². The summed E-state index contributed by atoms with van der Waals surface area (Å²) in [6.45, 7) is 5.08. The van der Waals surface area contributed by atoms with Crippen LogP contribution in [0.2, 0.25) is 0 Å². The number of carbonyl (C=O) groups excluding carboxylic acids is 1. The Kier molecular flexibility index (Phi) is 3.71. The molecule has 0 aliphatic carbocycles. The molecule has 0 aromatic heterocycles. The van der Waals surface area contributed by atoms with Crippen molar-refractivity contribution in [3.05, 3.63) is 35.9 Å². The Labute approximate surface area is 109 Å². The van der Waals surface area contributed by atoms with Gasteiger partial charge in [0.2, 0.25) is 5.91 Å². The topological polar surface area (TPSA) is 46.3 Å². The molecule has 3 heteroatoms. The number of hydrogen-bond donors (Lipinski definition) is 1. The number of hydrogen-bond acceptors (Lipinski definition) is 2. The molecule has 0 spiro atoms. The van der Waals surface area contributed by atoms with Crippen molar-refractivity contribution < 1.29 is 4.79 Å². The molecule has 98 valence electrons. The average Bonchev–Trinajstić information content (AvgIpc) is 2.69. The van der Waals surface area contributed by atoms with Crippen LogP contribution in [0.15, 0.2) is 30.3 Å². The second-order valence-corrected chi connectivity index (χ2v) is 5.70. The number of amides is 1. The molecule has 0 radical (unpaired) electrons. The van der Waals surface area contributed by atoms with Gasteiger partial charge in [-0.25, -0.2) is 0 Å². The van der Waals surface area contributed by atoms with Gasteiger partial charge >= 0.3 is 0 Å². The van der Waals surface area contributed by atoms with Gasteiger partial charge in [0.05, 0.1) is 6.04 Å². The van der Waals surface area contributed by atoms with Crippen molar-refractivity contribution in [2.45, 2.75) is 44.7 Å². The average molecular weight is 246 g/mol. The van der Waals surface area contributed by atoms with Gasteiger partial charge in [0.25, 0.3) is 0 Å². The Morgan fingerprint density at radius 2 is 2.06 bits per heavy atom. The Morgan fingerprint density at radius 1 is 1.39 bits per heavy atom. The monoisotopic (exact) mass is 246 g/mol. The minimum atomic E-state index is -0.426. The third kappa shape index (κ3) is 2.72. The van der Waals surface area contributed by atoms with Crippen LogP contribution in [0.4, 0.5) is 0 Å². The highest BCUT2D eigenvalue weighted by atomic mass is 16.2. The normalized spacial score (nSPS) is 19.8. The van der Waals surface area contributed by atoms with E-state index in [9.17, 15) is 4.79 Å². The highest BCUT2D eigenvalue weighted by Crippen LogP contribution is 2.28. The van der Waals surface area contributed by atoms with E-state index in [1.165, 1.54) is 0 Å². The Morgan fingerprint density at radius 3 is 2.61 bits per heavy atom. The zero-order chi connectivity index (χ0) is 13.2. The van der Waals surface area contributed by atoms with Crippen LogP contribution in [0, 0.1) is 0 Å². The van der Waals surface area contributed by atoms with Gasteiger partial charge < -0.3 is 10.6 Å². The van der Waals surface area contributed by atoms with Crippen LogP contribution in [-0.2, 0) is 11.2 Å². The Bertz CT molecular complexity index is 414. The fraction of sp³-hybridized carbons (Fsp3) is 0.533. The van der Waals surface area contributed by atoms with E-state index in [0.29, 0.717) is 6.42 Å². The van der Waals surface area contributed by atoms with Crippen molar-refractivity contribution in [1.82, 2.24) is 4.90 Å². The highest BCUT2D eigenvalue weighted by molar-refractivity contribution is 5.83. The molecule has 1 heterocycles. The first-order valence-electron chi connectivity index (χ1n) is 6.62. The van der Waals surface area contributed by atoms with Crippen molar-refractivity contribution in [3.63, 3.8) is 0 Å². The van der Waals surface area contributed by atoms with Gasteiger partial charge in [-0.3, -0.25) is 4.79 Å². The second-order valence-electron chi connectivity index (χ2n) is 5.70. The molecule has 1 amide bonds. The highest BCUT2D eigenvalue weighted by Gasteiger charge is 2.37. The quantitative estimate of drug-likeness (QED) is 0.886. The van der Waals surface area contributed by atoms with Crippen molar-refractivity contribution in [3.8, 4) is 0 Å². The second kappa shape index (κ2) is 5.11. The lowest BCUT2D eigenvalue weighted by atomic mass is 10.00. The summed E-state index contributed by atoms with van der Waals surface area (Å²) in [7, 11) is 0. The van der Waals surface area contributed by atoms with E-state index in [2.05, 4.69) is 13.8 Å². The number of rotatable bonds is 3. The summed E-state index contributed by atoms with van der Waals surface area (Å²) in [6.07, 6.45) is 2.76. The third-order valence-electron chi connectivity index (χ3n) is 3.78. The predicted molar refractivity (Wildman–Crippen MR) is 73.1 cm³/mol. The zero-order valence-electron chi connectivity index (χ0n) is 11.2. The van der Waals surface area contributed by atoms with Gasteiger partial charge in [-0.1, -0.05) is 30.3 Å². The molecule has 2 N–H and O–H groups in total. The van der Waals surface area contributed by atoms with Crippen molar-refractivity contribution in [2.75, 3.05) is 6.54 Å². The SMILES string of the molecule is CC1(C)CCCN1C(=O)C(N)Cc1ccccc1. The molecule has 3 nitrogen and oxygen atoms in total. The first kappa shape index (κ1) is 13.1. The summed E-state index contributed by atoms with van der Waals surface area (Å²) in [6, 6.07) is 9.54. The summed E-state index contributed by atoms with van der Waals surface area (Å²) in [5.41, 5.74) is 7.14. The van der Waals surface area contributed by atoms with Gasteiger partial charge in [-0.15, -0.1) is 0 Å². The van der Waals surface area contributed by atoms with Crippen LogP contribution in [0.25, 0.3) is 0 Å². The molecule has 18 heavy (non-hydrogen) atoms.